The second kappa shape index (κ2) is 9.40. The van der Waals surface area contributed by atoms with Crippen LogP contribution in [0.5, 0.6) is 0 Å². The van der Waals surface area contributed by atoms with Crippen LogP contribution in [0.4, 0.5) is 0 Å². The Kier molecular flexibility index (Phi) is 9.51. The SMILES string of the molecule is Cl.Cl.O=S(=O)(CCN1CCNCC1)c1cc(Cl)ccc1Cl. The molecule has 0 bridgehead atoms. The van der Waals surface area contributed by atoms with E-state index in [1.165, 1.54) is 12.1 Å². The molecule has 122 valence electrons. The van der Waals surface area contributed by atoms with Gasteiger partial charge in [0.25, 0.3) is 0 Å². The Labute approximate surface area is 147 Å². The fourth-order valence-corrected chi connectivity index (χ4v) is 4.11. The number of benzene rings is 1. The van der Waals surface area contributed by atoms with Crippen LogP contribution >= 0.6 is 48.0 Å². The molecule has 4 nitrogen and oxygen atoms in total. The predicted molar refractivity (Wildman–Crippen MR) is 92.3 cm³/mol. The lowest BCUT2D eigenvalue weighted by Gasteiger charge is -2.26. The first-order valence-electron chi connectivity index (χ1n) is 6.10. The summed E-state index contributed by atoms with van der Waals surface area (Å²) < 4.78 is 24.5. The first kappa shape index (κ1) is 21.2. The number of halogens is 4. The second-order valence-electron chi connectivity index (χ2n) is 4.49. The highest BCUT2D eigenvalue weighted by atomic mass is 35.5. The number of hydrogen-bond acceptors (Lipinski definition) is 4. The fourth-order valence-electron chi connectivity index (χ4n) is 2.01. The molecular formula is C12H18Cl4N2O2S. The molecule has 0 aromatic heterocycles. The third kappa shape index (κ3) is 6.10. The van der Waals surface area contributed by atoms with Gasteiger partial charge >= 0.3 is 0 Å². The van der Waals surface area contributed by atoms with E-state index in [-0.39, 0.29) is 40.5 Å². The van der Waals surface area contributed by atoms with Crippen molar-refractivity contribution in [2.45, 2.75) is 4.90 Å². The minimum Gasteiger partial charge on any atom is -0.314 e. The molecule has 0 radical (unpaired) electrons. The monoisotopic (exact) mass is 394 g/mol. The third-order valence-electron chi connectivity index (χ3n) is 3.11. The Balaban J connectivity index is 0.00000200. The molecule has 1 aromatic rings. The Morgan fingerprint density at radius 1 is 1.14 bits per heavy atom. The van der Waals surface area contributed by atoms with Gasteiger partial charge in [0.05, 0.1) is 15.7 Å². The van der Waals surface area contributed by atoms with Crippen LogP contribution in [0, 0.1) is 0 Å². The minimum absolute atomic E-state index is 0. The average Bonchev–Trinajstić information content (AvgIpc) is 2.40. The smallest absolute Gasteiger partial charge is 0.181 e. The minimum atomic E-state index is -3.39. The van der Waals surface area contributed by atoms with Gasteiger partial charge in [-0.25, -0.2) is 8.42 Å². The molecule has 0 spiro atoms. The van der Waals surface area contributed by atoms with E-state index in [9.17, 15) is 8.42 Å². The highest BCUT2D eigenvalue weighted by molar-refractivity contribution is 7.91. The number of hydrogen-bond donors (Lipinski definition) is 1. The quantitative estimate of drug-likeness (QED) is 0.850. The molecule has 2 rings (SSSR count). The molecule has 1 fully saturated rings. The molecule has 1 N–H and O–H groups in total. The lowest BCUT2D eigenvalue weighted by atomic mass is 10.4. The van der Waals surface area contributed by atoms with Crippen LogP contribution in [0.25, 0.3) is 0 Å². The average molecular weight is 396 g/mol. The van der Waals surface area contributed by atoms with Crippen LogP contribution in [-0.2, 0) is 9.84 Å². The van der Waals surface area contributed by atoms with Gasteiger partial charge in [-0.2, -0.15) is 0 Å². The van der Waals surface area contributed by atoms with E-state index in [4.69, 9.17) is 23.2 Å². The van der Waals surface area contributed by atoms with E-state index in [2.05, 4.69) is 10.2 Å². The predicted octanol–water partition coefficient (Wildman–Crippen LogP) is 2.52. The summed E-state index contributed by atoms with van der Waals surface area (Å²) in [4.78, 5) is 2.25. The molecule has 1 saturated heterocycles. The topological polar surface area (TPSA) is 49.4 Å². The zero-order chi connectivity index (χ0) is 13.9. The number of nitrogens with zero attached hydrogens (tertiary/aromatic N) is 1. The molecule has 1 heterocycles. The van der Waals surface area contributed by atoms with Crippen LogP contribution < -0.4 is 5.32 Å². The number of piperazine rings is 1. The van der Waals surface area contributed by atoms with Crippen LogP contribution in [0.15, 0.2) is 23.1 Å². The van der Waals surface area contributed by atoms with Gasteiger partial charge in [0.2, 0.25) is 0 Å². The maximum atomic E-state index is 12.3. The summed E-state index contributed by atoms with van der Waals surface area (Å²) in [5, 5.41) is 3.84. The van der Waals surface area contributed by atoms with Crippen molar-refractivity contribution in [2.24, 2.45) is 0 Å². The Morgan fingerprint density at radius 2 is 1.76 bits per heavy atom. The number of nitrogens with one attached hydrogen (secondary N) is 1. The van der Waals surface area contributed by atoms with Crippen molar-refractivity contribution in [3.63, 3.8) is 0 Å². The van der Waals surface area contributed by atoms with E-state index < -0.39 is 9.84 Å². The van der Waals surface area contributed by atoms with Crippen molar-refractivity contribution in [3.05, 3.63) is 28.2 Å². The molecule has 0 atom stereocenters. The molecule has 0 saturated carbocycles. The number of rotatable bonds is 4. The fraction of sp³-hybridized carbons (Fsp3) is 0.500. The van der Waals surface area contributed by atoms with E-state index in [1.54, 1.807) is 6.07 Å². The highest BCUT2D eigenvalue weighted by Crippen LogP contribution is 2.25. The summed E-state index contributed by atoms with van der Waals surface area (Å²) in [7, 11) is -3.39. The van der Waals surface area contributed by atoms with Crippen molar-refractivity contribution >= 4 is 57.9 Å². The van der Waals surface area contributed by atoms with Crippen molar-refractivity contribution in [1.29, 1.82) is 0 Å². The molecule has 0 aliphatic carbocycles. The molecular weight excluding hydrogens is 378 g/mol. The highest BCUT2D eigenvalue weighted by Gasteiger charge is 2.20. The van der Waals surface area contributed by atoms with Gasteiger partial charge in [-0.05, 0) is 18.2 Å². The summed E-state index contributed by atoms with van der Waals surface area (Å²) >= 11 is 11.8. The largest absolute Gasteiger partial charge is 0.314 e. The number of sulfone groups is 1. The molecule has 0 unspecified atom stereocenters. The van der Waals surface area contributed by atoms with Crippen LogP contribution in [-0.4, -0.2) is 51.8 Å². The Bertz CT molecular complexity index is 548. The maximum absolute atomic E-state index is 12.3. The third-order valence-corrected chi connectivity index (χ3v) is 5.52. The first-order chi connectivity index (χ1) is 8.99. The molecule has 1 aromatic carbocycles. The van der Waals surface area contributed by atoms with E-state index in [1.807, 2.05) is 0 Å². The Morgan fingerprint density at radius 3 is 2.38 bits per heavy atom. The van der Waals surface area contributed by atoms with Gasteiger partial charge in [-0.15, -0.1) is 24.8 Å². The van der Waals surface area contributed by atoms with Gasteiger partial charge in [0.15, 0.2) is 9.84 Å². The first-order valence-corrected chi connectivity index (χ1v) is 8.51. The molecule has 0 amide bonds. The molecule has 21 heavy (non-hydrogen) atoms. The van der Waals surface area contributed by atoms with Gasteiger partial charge in [-0.3, -0.25) is 4.90 Å². The van der Waals surface area contributed by atoms with Gasteiger partial charge in [0.1, 0.15) is 0 Å². The summed E-state index contributed by atoms with van der Waals surface area (Å²) in [6, 6.07) is 4.51. The van der Waals surface area contributed by atoms with Crippen LogP contribution in [0.2, 0.25) is 10.0 Å². The lowest BCUT2D eigenvalue weighted by molar-refractivity contribution is 0.254. The van der Waals surface area contributed by atoms with E-state index in [0.717, 1.165) is 26.2 Å². The van der Waals surface area contributed by atoms with Crippen molar-refractivity contribution in [1.82, 2.24) is 10.2 Å². The normalized spacial score (nSPS) is 15.9. The van der Waals surface area contributed by atoms with Gasteiger partial charge in [0, 0.05) is 37.7 Å². The van der Waals surface area contributed by atoms with Crippen LogP contribution in [0.1, 0.15) is 0 Å². The Hall–Kier alpha value is 0.250. The molecule has 9 heteroatoms. The van der Waals surface area contributed by atoms with Crippen molar-refractivity contribution in [2.75, 3.05) is 38.5 Å². The van der Waals surface area contributed by atoms with E-state index in [0.29, 0.717) is 11.6 Å². The summed E-state index contributed by atoms with van der Waals surface area (Å²) in [5.41, 5.74) is 0. The molecule has 1 aliphatic rings. The second-order valence-corrected chi connectivity index (χ2v) is 7.41. The zero-order valence-corrected chi connectivity index (χ0v) is 15.2. The molecule has 1 aliphatic heterocycles. The van der Waals surface area contributed by atoms with Crippen LogP contribution in [0.3, 0.4) is 0 Å². The lowest BCUT2D eigenvalue weighted by Crippen LogP contribution is -2.45. The van der Waals surface area contributed by atoms with Gasteiger partial charge in [-0.1, -0.05) is 23.2 Å². The van der Waals surface area contributed by atoms with Gasteiger partial charge < -0.3 is 5.32 Å². The summed E-state index contributed by atoms with van der Waals surface area (Å²) in [6.45, 7) is 4.07. The van der Waals surface area contributed by atoms with Crippen molar-refractivity contribution in [3.8, 4) is 0 Å². The maximum Gasteiger partial charge on any atom is 0.181 e. The zero-order valence-electron chi connectivity index (χ0n) is 11.2. The van der Waals surface area contributed by atoms with Crippen molar-refractivity contribution < 1.29 is 8.42 Å². The summed E-state index contributed by atoms with van der Waals surface area (Å²) in [5.74, 6) is 0.0626. The van der Waals surface area contributed by atoms with E-state index >= 15 is 0 Å². The summed E-state index contributed by atoms with van der Waals surface area (Å²) in [6.07, 6.45) is 0. The standard InChI is InChI=1S/C12H16Cl2N2O2S.2ClH/c13-10-1-2-11(14)12(9-10)19(17,18)8-7-16-5-3-15-4-6-16;;/h1-2,9,15H,3-8H2;2*1H.